The number of imidazole rings is 1. The molecule has 1 aliphatic heterocycles. The Balaban J connectivity index is 1.47. The van der Waals surface area contributed by atoms with Gasteiger partial charge >= 0.3 is 0 Å². The zero-order valence-electron chi connectivity index (χ0n) is 17.2. The molecular formula is C23H26N4O2S. The van der Waals surface area contributed by atoms with Crippen LogP contribution >= 0.6 is 11.3 Å². The van der Waals surface area contributed by atoms with Crippen molar-refractivity contribution in [2.24, 2.45) is 5.92 Å². The van der Waals surface area contributed by atoms with Gasteiger partial charge in [0.2, 0.25) is 11.8 Å². The van der Waals surface area contributed by atoms with Gasteiger partial charge in [-0.3, -0.25) is 9.59 Å². The minimum Gasteiger partial charge on any atom is -0.356 e. The molecule has 30 heavy (non-hydrogen) atoms. The number of carbonyl (C=O) groups is 2. The highest BCUT2D eigenvalue weighted by molar-refractivity contribution is 7.10. The Hall–Kier alpha value is -2.93. The molecule has 0 spiro atoms. The lowest BCUT2D eigenvalue weighted by atomic mass is 9.97. The van der Waals surface area contributed by atoms with Crippen molar-refractivity contribution in [3.05, 3.63) is 70.4 Å². The highest BCUT2D eigenvalue weighted by Crippen LogP contribution is 2.43. The Bertz CT molecular complexity index is 1010. The van der Waals surface area contributed by atoms with Crippen molar-refractivity contribution >= 4 is 28.8 Å². The molecule has 0 bridgehead atoms. The van der Waals surface area contributed by atoms with Gasteiger partial charge in [-0.1, -0.05) is 23.8 Å². The summed E-state index contributed by atoms with van der Waals surface area (Å²) < 4.78 is 2.07. The Morgan fingerprint density at radius 1 is 1.23 bits per heavy atom. The average Bonchev–Trinajstić information content (AvgIpc) is 3.46. The molecule has 1 aromatic carbocycles. The van der Waals surface area contributed by atoms with Crippen LogP contribution < -0.4 is 10.2 Å². The van der Waals surface area contributed by atoms with Gasteiger partial charge in [-0.25, -0.2) is 4.98 Å². The van der Waals surface area contributed by atoms with E-state index in [1.807, 2.05) is 61.8 Å². The summed E-state index contributed by atoms with van der Waals surface area (Å²) in [7, 11) is 0. The summed E-state index contributed by atoms with van der Waals surface area (Å²) in [6.45, 7) is 5.37. The molecule has 1 saturated heterocycles. The van der Waals surface area contributed by atoms with Gasteiger partial charge in [-0.15, -0.1) is 11.3 Å². The quantitative estimate of drug-likeness (QED) is 0.588. The third kappa shape index (κ3) is 4.16. The Labute approximate surface area is 180 Å². The summed E-state index contributed by atoms with van der Waals surface area (Å²) >= 11 is 1.59. The van der Waals surface area contributed by atoms with E-state index in [1.165, 1.54) is 0 Å². The predicted molar refractivity (Wildman–Crippen MR) is 118 cm³/mol. The summed E-state index contributed by atoms with van der Waals surface area (Å²) in [6, 6.07) is 11.6. The summed E-state index contributed by atoms with van der Waals surface area (Å²) in [5, 5.41) is 5.05. The van der Waals surface area contributed by atoms with Crippen molar-refractivity contribution < 1.29 is 9.59 Å². The molecule has 3 heterocycles. The van der Waals surface area contributed by atoms with Crippen molar-refractivity contribution in [2.45, 2.75) is 39.3 Å². The van der Waals surface area contributed by atoms with Crippen LogP contribution in [0, 0.1) is 19.8 Å². The van der Waals surface area contributed by atoms with E-state index in [1.54, 1.807) is 22.4 Å². The van der Waals surface area contributed by atoms with E-state index >= 15 is 0 Å². The number of hydrogen-bond acceptors (Lipinski definition) is 4. The second-order valence-electron chi connectivity index (χ2n) is 7.68. The number of amides is 2. The van der Waals surface area contributed by atoms with Gasteiger partial charge in [0.1, 0.15) is 5.82 Å². The van der Waals surface area contributed by atoms with Crippen molar-refractivity contribution in [3.63, 3.8) is 0 Å². The van der Waals surface area contributed by atoms with E-state index in [9.17, 15) is 9.59 Å². The van der Waals surface area contributed by atoms with Crippen LogP contribution in [0.5, 0.6) is 0 Å². The van der Waals surface area contributed by atoms with Gasteiger partial charge in [0, 0.05) is 42.5 Å². The third-order valence-corrected chi connectivity index (χ3v) is 6.55. The van der Waals surface area contributed by atoms with E-state index in [-0.39, 0.29) is 24.3 Å². The molecule has 0 radical (unpaired) electrons. The molecule has 7 heteroatoms. The van der Waals surface area contributed by atoms with E-state index in [0.29, 0.717) is 6.54 Å². The zero-order chi connectivity index (χ0) is 21.1. The molecule has 1 aliphatic rings. The molecule has 2 atom stereocenters. The lowest BCUT2D eigenvalue weighted by molar-refractivity contribution is -0.126. The molecule has 2 aromatic heterocycles. The van der Waals surface area contributed by atoms with Crippen LogP contribution in [0.1, 0.15) is 35.1 Å². The van der Waals surface area contributed by atoms with Crippen LogP contribution in [0.4, 0.5) is 5.69 Å². The fourth-order valence-corrected chi connectivity index (χ4v) is 4.88. The first-order valence-electron chi connectivity index (χ1n) is 10.2. The smallest absolute Gasteiger partial charge is 0.228 e. The van der Waals surface area contributed by atoms with Gasteiger partial charge in [0.05, 0.1) is 12.0 Å². The van der Waals surface area contributed by atoms with Gasteiger partial charge in [-0.2, -0.15) is 0 Å². The monoisotopic (exact) mass is 422 g/mol. The molecule has 0 unspecified atom stereocenters. The van der Waals surface area contributed by atoms with Crippen LogP contribution in [0.25, 0.3) is 0 Å². The van der Waals surface area contributed by atoms with Gasteiger partial charge in [0.25, 0.3) is 0 Å². The number of rotatable bonds is 7. The van der Waals surface area contributed by atoms with Crippen LogP contribution in [-0.2, 0) is 16.1 Å². The minimum atomic E-state index is -0.396. The average molecular weight is 423 g/mol. The maximum atomic E-state index is 13.1. The number of anilines is 1. The molecular weight excluding hydrogens is 396 g/mol. The van der Waals surface area contributed by atoms with E-state index in [0.717, 1.165) is 34.9 Å². The molecule has 0 saturated carbocycles. The number of nitrogens with zero attached hydrogens (tertiary/aromatic N) is 3. The molecule has 0 aliphatic carbocycles. The van der Waals surface area contributed by atoms with Crippen LogP contribution in [0.15, 0.2) is 54.2 Å². The Morgan fingerprint density at radius 3 is 2.70 bits per heavy atom. The van der Waals surface area contributed by atoms with Crippen LogP contribution in [-0.4, -0.2) is 27.9 Å². The van der Waals surface area contributed by atoms with Gasteiger partial charge < -0.3 is 14.8 Å². The number of hydrogen-bond donors (Lipinski definition) is 1. The molecule has 2 amide bonds. The van der Waals surface area contributed by atoms with Crippen molar-refractivity contribution in [3.8, 4) is 0 Å². The van der Waals surface area contributed by atoms with E-state index in [2.05, 4.69) is 14.9 Å². The molecule has 3 aromatic rings. The van der Waals surface area contributed by atoms with Crippen molar-refractivity contribution in [1.82, 2.24) is 14.9 Å². The summed E-state index contributed by atoms with van der Waals surface area (Å²) in [5.41, 5.74) is 1.98. The summed E-state index contributed by atoms with van der Waals surface area (Å²) in [4.78, 5) is 33.0. The molecule has 4 rings (SSSR count). The largest absolute Gasteiger partial charge is 0.356 e. The predicted octanol–water partition coefficient (Wildman–Crippen LogP) is 3.86. The molecule has 1 fully saturated rings. The van der Waals surface area contributed by atoms with Crippen LogP contribution in [0.2, 0.25) is 0 Å². The van der Waals surface area contributed by atoms with Crippen LogP contribution in [0.3, 0.4) is 0 Å². The molecule has 1 N–H and O–H groups in total. The number of benzene rings is 1. The number of aryl methyl sites for hydroxylation is 3. The fourth-order valence-electron chi connectivity index (χ4n) is 4.00. The van der Waals surface area contributed by atoms with Crippen molar-refractivity contribution in [2.75, 3.05) is 11.4 Å². The first kappa shape index (κ1) is 20.3. The maximum absolute atomic E-state index is 13.1. The lowest BCUT2D eigenvalue weighted by Gasteiger charge is -2.27. The first-order chi connectivity index (χ1) is 14.5. The van der Waals surface area contributed by atoms with Gasteiger partial charge in [-0.05, 0) is 43.8 Å². The van der Waals surface area contributed by atoms with Gasteiger partial charge in [0.15, 0.2) is 0 Å². The van der Waals surface area contributed by atoms with E-state index in [4.69, 9.17) is 0 Å². The fraction of sp³-hybridized carbons (Fsp3) is 0.348. The number of thiophene rings is 1. The summed E-state index contributed by atoms with van der Waals surface area (Å²) in [5.74, 6) is 0.506. The van der Waals surface area contributed by atoms with Crippen molar-refractivity contribution in [1.29, 1.82) is 0 Å². The SMILES string of the molecule is Cc1ccc(N2C(=O)C[C@H](C(=O)NCCCn3ccnc3C)[C@@H]2c2cccs2)cc1. The normalized spacial score (nSPS) is 18.7. The topological polar surface area (TPSA) is 67.2 Å². The molecule has 6 nitrogen and oxygen atoms in total. The third-order valence-electron chi connectivity index (χ3n) is 5.60. The highest BCUT2D eigenvalue weighted by Gasteiger charge is 2.45. The second kappa shape index (κ2) is 8.83. The first-order valence-corrected chi connectivity index (χ1v) is 11.1. The summed E-state index contributed by atoms with van der Waals surface area (Å²) in [6.07, 6.45) is 4.76. The number of carbonyl (C=O) groups excluding carboxylic acids is 2. The minimum absolute atomic E-state index is 0.00792. The van der Waals surface area contributed by atoms with E-state index < -0.39 is 5.92 Å². The number of nitrogens with one attached hydrogen (secondary N) is 1. The zero-order valence-corrected chi connectivity index (χ0v) is 18.1. The highest BCUT2D eigenvalue weighted by atomic mass is 32.1. The standard InChI is InChI=1S/C23H26N4O2S/c1-16-6-8-18(9-7-16)27-21(28)15-19(22(27)20-5-3-14-30-20)23(29)25-10-4-12-26-13-11-24-17(26)2/h3,5-9,11,13-14,19,22H,4,10,12,15H2,1-2H3,(H,25,29)/t19-,22+/m0/s1. The number of aromatic nitrogens is 2. The Kier molecular flexibility index (Phi) is 5.99. The Morgan fingerprint density at radius 2 is 2.03 bits per heavy atom. The lowest BCUT2D eigenvalue weighted by Crippen LogP contribution is -2.36. The maximum Gasteiger partial charge on any atom is 0.228 e. The second-order valence-corrected chi connectivity index (χ2v) is 8.66. The molecule has 156 valence electrons.